The first-order valence-electron chi connectivity index (χ1n) is 10.2. The molecule has 0 saturated carbocycles. The van der Waals surface area contributed by atoms with Crippen LogP contribution in [0.25, 0.3) is 11.1 Å². The number of ketones is 1. The van der Waals surface area contributed by atoms with Crippen LogP contribution < -0.4 is 10.9 Å². The number of nitrogens with one attached hydrogen (secondary N) is 2. The van der Waals surface area contributed by atoms with Crippen LogP contribution in [0, 0.1) is 0 Å². The van der Waals surface area contributed by atoms with Crippen molar-refractivity contribution in [1.29, 1.82) is 0 Å². The normalized spacial score (nSPS) is 11.9. The fourth-order valence-corrected chi connectivity index (χ4v) is 3.67. The van der Waals surface area contributed by atoms with Gasteiger partial charge in [0.2, 0.25) is 0 Å². The van der Waals surface area contributed by atoms with Crippen molar-refractivity contribution in [3.63, 3.8) is 0 Å². The first kappa shape index (κ1) is 20.6. The summed E-state index contributed by atoms with van der Waals surface area (Å²) in [6, 6.07) is 15.6. The van der Waals surface area contributed by atoms with Crippen LogP contribution in [0.4, 0.5) is 0 Å². The molecule has 2 N–H and O–H groups in total. The van der Waals surface area contributed by atoms with Crippen LogP contribution in [-0.4, -0.2) is 35.6 Å². The summed E-state index contributed by atoms with van der Waals surface area (Å²) >= 11 is 0. The Hall–Kier alpha value is -3.71. The predicted molar refractivity (Wildman–Crippen MR) is 116 cm³/mol. The molecular formula is C24H23N3O4. The number of furan rings is 1. The molecule has 0 unspecified atom stereocenters. The SMILES string of the molecule is CCN(CC)Cc1ccc(C(=O)NNC(=O)c2ccc3c(c2)C(=O)c2ccccc2-3)o1. The topological polar surface area (TPSA) is 91.7 Å². The second-order valence-corrected chi connectivity index (χ2v) is 7.27. The zero-order chi connectivity index (χ0) is 22.0. The van der Waals surface area contributed by atoms with Crippen molar-refractivity contribution in [2.75, 3.05) is 13.1 Å². The molecule has 0 atom stereocenters. The van der Waals surface area contributed by atoms with E-state index in [1.165, 1.54) is 0 Å². The number of carbonyl (C=O) groups is 3. The van der Waals surface area contributed by atoms with E-state index in [0.29, 0.717) is 23.4 Å². The molecule has 2 aromatic carbocycles. The molecule has 2 amide bonds. The molecule has 3 aromatic rings. The number of hydrazine groups is 1. The third-order valence-corrected chi connectivity index (χ3v) is 5.44. The molecule has 1 aliphatic carbocycles. The highest BCUT2D eigenvalue weighted by Crippen LogP contribution is 2.36. The Morgan fingerprint density at radius 3 is 2.26 bits per heavy atom. The zero-order valence-corrected chi connectivity index (χ0v) is 17.4. The Kier molecular flexibility index (Phi) is 5.68. The number of amides is 2. The monoisotopic (exact) mass is 417 g/mol. The van der Waals surface area contributed by atoms with Gasteiger partial charge in [0.05, 0.1) is 6.54 Å². The van der Waals surface area contributed by atoms with Crippen LogP contribution in [0.15, 0.2) is 59.0 Å². The molecule has 1 heterocycles. The molecule has 4 rings (SSSR count). The van der Waals surface area contributed by atoms with Crippen LogP contribution in [0.1, 0.15) is 56.4 Å². The smallest absolute Gasteiger partial charge is 0.305 e. The van der Waals surface area contributed by atoms with Gasteiger partial charge < -0.3 is 4.42 Å². The van der Waals surface area contributed by atoms with Gasteiger partial charge in [-0.25, -0.2) is 0 Å². The lowest BCUT2D eigenvalue weighted by atomic mass is 10.0. The van der Waals surface area contributed by atoms with E-state index < -0.39 is 11.8 Å². The lowest BCUT2D eigenvalue weighted by molar-refractivity contribution is 0.0828. The average Bonchev–Trinajstić information content (AvgIpc) is 3.38. The lowest BCUT2D eigenvalue weighted by Gasteiger charge is -2.15. The Morgan fingerprint density at radius 1 is 0.839 bits per heavy atom. The number of carbonyl (C=O) groups excluding carboxylic acids is 3. The van der Waals surface area contributed by atoms with Crippen LogP contribution in [0.2, 0.25) is 0 Å². The predicted octanol–water partition coefficient (Wildman–Crippen LogP) is 3.41. The number of rotatable bonds is 6. The molecule has 31 heavy (non-hydrogen) atoms. The standard InChI is InChI=1S/C24H23N3O4/c1-3-27(4-2)14-16-10-12-21(31-16)24(30)26-25-23(29)15-9-11-18-17-7-5-6-8-19(17)22(28)20(18)13-15/h5-13H,3-4,14H2,1-2H3,(H,25,29)(H,26,30). The summed E-state index contributed by atoms with van der Waals surface area (Å²) in [5, 5.41) is 0. The van der Waals surface area contributed by atoms with Gasteiger partial charge in [-0.3, -0.25) is 30.1 Å². The van der Waals surface area contributed by atoms with Crippen LogP contribution in [0.5, 0.6) is 0 Å². The highest BCUT2D eigenvalue weighted by molar-refractivity contribution is 6.22. The lowest BCUT2D eigenvalue weighted by Crippen LogP contribution is -2.41. The molecule has 0 aliphatic heterocycles. The van der Waals surface area contributed by atoms with Crippen LogP contribution in [0.3, 0.4) is 0 Å². The Balaban J connectivity index is 1.40. The van der Waals surface area contributed by atoms with Crippen molar-refractivity contribution >= 4 is 17.6 Å². The van der Waals surface area contributed by atoms with Gasteiger partial charge >= 0.3 is 5.91 Å². The maximum atomic E-state index is 12.6. The second kappa shape index (κ2) is 8.57. The quantitative estimate of drug-likeness (QED) is 0.469. The summed E-state index contributed by atoms with van der Waals surface area (Å²) in [5.74, 6) is -0.391. The van der Waals surface area contributed by atoms with Gasteiger partial charge in [-0.2, -0.15) is 0 Å². The van der Waals surface area contributed by atoms with E-state index in [2.05, 4.69) is 29.6 Å². The number of fused-ring (bicyclic) bond motifs is 3. The van der Waals surface area contributed by atoms with Crippen molar-refractivity contribution in [1.82, 2.24) is 15.8 Å². The summed E-state index contributed by atoms with van der Waals surface area (Å²) in [4.78, 5) is 39.6. The first-order valence-corrected chi connectivity index (χ1v) is 10.2. The molecule has 7 nitrogen and oxygen atoms in total. The Morgan fingerprint density at radius 2 is 1.52 bits per heavy atom. The summed E-state index contributed by atoms with van der Waals surface area (Å²) in [6.45, 7) is 6.48. The maximum absolute atomic E-state index is 12.6. The highest BCUT2D eigenvalue weighted by Gasteiger charge is 2.27. The van der Waals surface area contributed by atoms with E-state index in [-0.39, 0.29) is 17.1 Å². The van der Waals surface area contributed by atoms with Crippen molar-refractivity contribution in [2.24, 2.45) is 0 Å². The molecular weight excluding hydrogens is 394 g/mol. The Bertz CT molecular complexity index is 1160. The third-order valence-electron chi connectivity index (χ3n) is 5.44. The van der Waals surface area contributed by atoms with Gasteiger partial charge in [0.25, 0.3) is 5.91 Å². The van der Waals surface area contributed by atoms with Gasteiger partial charge in [-0.15, -0.1) is 0 Å². The summed E-state index contributed by atoms with van der Waals surface area (Å²) in [5.41, 5.74) is 7.78. The van der Waals surface area contributed by atoms with Gasteiger partial charge in [0.1, 0.15) is 5.76 Å². The maximum Gasteiger partial charge on any atom is 0.305 e. The van der Waals surface area contributed by atoms with Gasteiger partial charge in [-0.05, 0) is 48.5 Å². The number of hydrogen-bond donors (Lipinski definition) is 2. The molecule has 7 heteroatoms. The van der Waals surface area contributed by atoms with Crippen molar-refractivity contribution in [3.8, 4) is 11.1 Å². The molecule has 0 bridgehead atoms. The molecule has 1 aromatic heterocycles. The van der Waals surface area contributed by atoms with Gasteiger partial charge in [0, 0.05) is 16.7 Å². The average molecular weight is 417 g/mol. The van der Waals surface area contributed by atoms with E-state index in [9.17, 15) is 14.4 Å². The van der Waals surface area contributed by atoms with Crippen molar-refractivity contribution in [2.45, 2.75) is 20.4 Å². The molecule has 1 aliphatic rings. The minimum absolute atomic E-state index is 0.111. The first-order chi connectivity index (χ1) is 15.0. The second-order valence-electron chi connectivity index (χ2n) is 7.27. The van der Waals surface area contributed by atoms with E-state index >= 15 is 0 Å². The van der Waals surface area contributed by atoms with Crippen molar-refractivity contribution < 1.29 is 18.8 Å². The molecule has 0 saturated heterocycles. The van der Waals surface area contributed by atoms with E-state index in [1.807, 2.05) is 18.2 Å². The summed E-state index contributed by atoms with van der Waals surface area (Å²) in [6.07, 6.45) is 0. The third kappa shape index (κ3) is 4.00. The number of hydrogen-bond acceptors (Lipinski definition) is 5. The minimum Gasteiger partial charge on any atom is -0.454 e. The Labute approximate surface area is 180 Å². The molecule has 0 spiro atoms. The summed E-state index contributed by atoms with van der Waals surface area (Å²) < 4.78 is 5.58. The van der Waals surface area contributed by atoms with E-state index in [4.69, 9.17) is 4.42 Å². The fraction of sp³-hybridized carbons (Fsp3) is 0.208. The number of benzene rings is 2. The van der Waals surface area contributed by atoms with E-state index in [0.717, 1.165) is 24.2 Å². The van der Waals surface area contributed by atoms with E-state index in [1.54, 1.807) is 36.4 Å². The van der Waals surface area contributed by atoms with Crippen LogP contribution in [-0.2, 0) is 6.54 Å². The summed E-state index contributed by atoms with van der Waals surface area (Å²) in [7, 11) is 0. The largest absolute Gasteiger partial charge is 0.454 e. The van der Waals surface area contributed by atoms with Gasteiger partial charge in [-0.1, -0.05) is 44.2 Å². The molecule has 0 radical (unpaired) electrons. The molecule has 158 valence electrons. The minimum atomic E-state index is -0.552. The zero-order valence-electron chi connectivity index (χ0n) is 17.4. The van der Waals surface area contributed by atoms with Crippen molar-refractivity contribution in [3.05, 3.63) is 82.8 Å². The fourth-order valence-electron chi connectivity index (χ4n) is 3.67. The van der Waals surface area contributed by atoms with Crippen LogP contribution >= 0.6 is 0 Å². The highest BCUT2D eigenvalue weighted by atomic mass is 16.4. The molecule has 0 fully saturated rings. The van der Waals surface area contributed by atoms with Gasteiger partial charge in [0.15, 0.2) is 11.5 Å². The number of nitrogens with zero attached hydrogens (tertiary/aromatic N) is 1.